The minimum absolute atomic E-state index is 0.196. The van der Waals surface area contributed by atoms with E-state index < -0.39 is 34.1 Å². The van der Waals surface area contributed by atoms with E-state index in [4.69, 9.17) is 0 Å². The highest BCUT2D eigenvalue weighted by Crippen LogP contribution is 2.24. The van der Waals surface area contributed by atoms with Gasteiger partial charge in [-0.3, -0.25) is 13.9 Å². The van der Waals surface area contributed by atoms with Crippen LogP contribution < -0.4 is 9.62 Å². The molecule has 35 heavy (non-hydrogen) atoms. The van der Waals surface area contributed by atoms with E-state index in [0.29, 0.717) is 12.1 Å². The van der Waals surface area contributed by atoms with Crippen LogP contribution in [-0.4, -0.2) is 49.5 Å². The molecule has 0 aromatic heterocycles. The average Bonchev–Trinajstić information content (AvgIpc) is 2.70. The van der Waals surface area contributed by atoms with Gasteiger partial charge in [0.25, 0.3) is 0 Å². The van der Waals surface area contributed by atoms with Crippen LogP contribution in [0.1, 0.15) is 56.4 Å². The molecule has 2 amide bonds. The molecule has 0 unspecified atom stereocenters. The molecule has 0 bridgehead atoms. The molecular weight excluding hydrogens is 462 g/mol. The molecule has 2 aromatic rings. The third-order valence-corrected chi connectivity index (χ3v) is 6.75. The van der Waals surface area contributed by atoms with Gasteiger partial charge in [-0.25, -0.2) is 8.42 Å². The Kier molecular flexibility index (Phi) is 9.11. The van der Waals surface area contributed by atoms with Crippen LogP contribution >= 0.6 is 0 Å². The van der Waals surface area contributed by atoms with Gasteiger partial charge in [-0.05, 0) is 65.2 Å². The van der Waals surface area contributed by atoms with Gasteiger partial charge < -0.3 is 10.2 Å². The molecule has 2 aromatic carbocycles. The Bertz CT molecular complexity index is 1170. The fourth-order valence-corrected chi connectivity index (χ4v) is 4.97. The number of nitrogens with zero attached hydrogens (tertiary/aromatic N) is 2. The van der Waals surface area contributed by atoms with Gasteiger partial charge in [-0.1, -0.05) is 54.4 Å². The van der Waals surface area contributed by atoms with Crippen molar-refractivity contribution in [2.24, 2.45) is 0 Å². The molecule has 0 aliphatic rings. The third kappa shape index (κ3) is 8.09. The first-order valence-electron chi connectivity index (χ1n) is 11.8. The van der Waals surface area contributed by atoms with Crippen LogP contribution in [-0.2, 0) is 26.2 Å². The number of benzene rings is 2. The molecule has 0 saturated heterocycles. The summed E-state index contributed by atoms with van der Waals surface area (Å²) in [5, 5.41) is 2.97. The van der Waals surface area contributed by atoms with Crippen molar-refractivity contribution in [1.29, 1.82) is 0 Å². The summed E-state index contributed by atoms with van der Waals surface area (Å²) in [7, 11) is -3.76. The average molecular weight is 502 g/mol. The molecule has 0 radical (unpaired) electrons. The number of amides is 2. The SMILES string of the molecule is CC[C@H](C(=O)NC(C)(C)C)N(Cc1cccc(C)c1)C(=O)CN(c1ccc(C)cc1C)S(C)(=O)=O. The fraction of sp³-hybridized carbons (Fsp3) is 0.481. The maximum Gasteiger partial charge on any atom is 0.244 e. The predicted octanol–water partition coefficient (Wildman–Crippen LogP) is 4.10. The summed E-state index contributed by atoms with van der Waals surface area (Å²) in [5.41, 5.74) is 3.64. The number of sulfonamides is 1. The normalized spacial score (nSPS) is 12.7. The van der Waals surface area contributed by atoms with Gasteiger partial charge in [0.15, 0.2) is 0 Å². The number of carbonyl (C=O) groups excluding carboxylic acids is 2. The number of hydrogen-bond donors (Lipinski definition) is 1. The summed E-state index contributed by atoms with van der Waals surface area (Å²) in [4.78, 5) is 28.4. The van der Waals surface area contributed by atoms with Crippen molar-refractivity contribution < 1.29 is 18.0 Å². The van der Waals surface area contributed by atoms with Crippen molar-refractivity contribution in [3.63, 3.8) is 0 Å². The molecule has 0 aliphatic carbocycles. The first kappa shape index (κ1) is 28.4. The molecule has 2 rings (SSSR count). The standard InChI is InChI=1S/C27H39N3O4S/c1-9-23(26(32)28-27(5,6)7)29(17-22-12-10-11-19(2)16-22)25(31)18-30(35(8,33)34)24-14-13-20(3)15-21(24)4/h10-16,23H,9,17-18H2,1-8H3,(H,28,32)/t23-/m1/s1. The van der Waals surface area contributed by atoms with Gasteiger partial charge >= 0.3 is 0 Å². The minimum atomic E-state index is -3.76. The van der Waals surface area contributed by atoms with E-state index in [2.05, 4.69) is 5.32 Å². The number of nitrogens with one attached hydrogen (secondary N) is 1. The van der Waals surface area contributed by atoms with Crippen LogP contribution in [0.4, 0.5) is 5.69 Å². The Morgan fingerprint density at radius 1 is 1.00 bits per heavy atom. The van der Waals surface area contributed by atoms with Gasteiger partial charge in [0.1, 0.15) is 12.6 Å². The Morgan fingerprint density at radius 2 is 1.63 bits per heavy atom. The second kappa shape index (κ2) is 11.2. The van der Waals surface area contributed by atoms with Gasteiger partial charge in [-0.2, -0.15) is 0 Å². The van der Waals surface area contributed by atoms with E-state index in [9.17, 15) is 18.0 Å². The fourth-order valence-electron chi connectivity index (χ4n) is 4.06. The van der Waals surface area contributed by atoms with Gasteiger partial charge in [0, 0.05) is 12.1 Å². The maximum absolute atomic E-state index is 13.8. The van der Waals surface area contributed by atoms with Crippen LogP contribution in [0.2, 0.25) is 0 Å². The van der Waals surface area contributed by atoms with Crippen molar-refractivity contribution in [3.8, 4) is 0 Å². The van der Waals surface area contributed by atoms with E-state index in [1.54, 1.807) is 6.07 Å². The molecule has 0 heterocycles. The highest BCUT2D eigenvalue weighted by molar-refractivity contribution is 7.92. The van der Waals surface area contributed by atoms with Gasteiger partial charge in [0.2, 0.25) is 21.8 Å². The summed E-state index contributed by atoms with van der Waals surface area (Å²) < 4.78 is 26.7. The number of aryl methyl sites for hydroxylation is 3. The third-order valence-electron chi connectivity index (χ3n) is 5.62. The topological polar surface area (TPSA) is 86.8 Å². The van der Waals surface area contributed by atoms with E-state index in [1.807, 2.05) is 84.9 Å². The van der Waals surface area contributed by atoms with Crippen molar-refractivity contribution >= 4 is 27.5 Å². The molecule has 0 fully saturated rings. The van der Waals surface area contributed by atoms with Crippen molar-refractivity contribution in [1.82, 2.24) is 10.2 Å². The van der Waals surface area contributed by atoms with E-state index in [1.165, 1.54) is 4.90 Å². The monoisotopic (exact) mass is 501 g/mol. The second-order valence-corrected chi connectivity index (χ2v) is 12.1. The van der Waals surface area contributed by atoms with Gasteiger partial charge in [-0.15, -0.1) is 0 Å². The number of carbonyl (C=O) groups is 2. The lowest BCUT2D eigenvalue weighted by atomic mass is 10.0. The van der Waals surface area contributed by atoms with Crippen LogP contribution in [0.5, 0.6) is 0 Å². The summed E-state index contributed by atoms with van der Waals surface area (Å²) in [6.45, 7) is 13.0. The van der Waals surface area contributed by atoms with Crippen molar-refractivity contribution in [3.05, 3.63) is 64.7 Å². The van der Waals surface area contributed by atoms with E-state index >= 15 is 0 Å². The molecule has 192 valence electrons. The Hall–Kier alpha value is -2.87. The molecule has 0 saturated carbocycles. The van der Waals surface area contributed by atoms with Crippen molar-refractivity contribution in [2.75, 3.05) is 17.1 Å². The van der Waals surface area contributed by atoms with Crippen molar-refractivity contribution in [2.45, 2.75) is 73.0 Å². The largest absolute Gasteiger partial charge is 0.350 e. The zero-order chi connectivity index (χ0) is 26.6. The zero-order valence-corrected chi connectivity index (χ0v) is 23.0. The van der Waals surface area contributed by atoms with Gasteiger partial charge in [0.05, 0.1) is 11.9 Å². The maximum atomic E-state index is 13.8. The highest BCUT2D eigenvalue weighted by Gasteiger charge is 2.33. The first-order valence-corrected chi connectivity index (χ1v) is 13.7. The first-order chi connectivity index (χ1) is 16.1. The Morgan fingerprint density at radius 3 is 2.14 bits per heavy atom. The lowest BCUT2D eigenvalue weighted by Gasteiger charge is -2.34. The molecule has 7 nitrogen and oxygen atoms in total. The predicted molar refractivity (Wildman–Crippen MR) is 142 cm³/mol. The molecule has 1 N–H and O–H groups in total. The Balaban J connectivity index is 2.49. The number of rotatable bonds is 9. The molecule has 1 atom stereocenters. The van der Waals surface area contributed by atoms with Crippen LogP contribution in [0.3, 0.4) is 0 Å². The smallest absolute Gasteiger partial charge is 0.244 e. The summed E-state index contributed by atoms with van der Waals surface area (Å²) >= 11 is 0. The lowest BCUT2D eigenvalue weighted by molar-refractivity contribution is -0.141. The van der Waals surface area contributed by atoms with Crippen LogP contribution in [0.15, 0.2) is 42.5 Å². The molecule has 8 heteroatoms. The molecular formula is C27H39N3O4S. The summed E-state index contributed by atoms with van der Waals surface area (Å²) in [5.74, 6) is -0.703. The molecule has 0 aliphatic heterocycles. The number of anilines is 1. The number of hydrogen-bond acceptors (Lipinski definition) is 4. The molecule has 0 spiro atoms. The summed E-state index contributed by atoms with van der Waals surface area (Å²) in [6.07, 6.45) is 1.48. The minimum Gasteiger partial charge on any atom is -0.350 e. The zero-order valence-electron chi connectivity index (χ0n) is 22.2. The Labute approximate surface area is 210 Å². The summed E-state index contributed by atoms with van der Waals surface area (Å²) in [6, 6.07) is 12.4. The quantitative estimate of drug-likeness (QED) is 0.560. The van der Waals surface area contributed by atoms with Crippen LogP contribution in [0, 0.1) is 20.8 Å². The lowest BCUT2D eigenvalue weighted by Crippen LogP contribution is -2.55. The second-order valence-electron chi connectivity index (χ2n) is 10.2. The van der Waals surface area contributed by atoms with Crippen LogP contribution in [0.25, 0.3) is 0 Å². The van der Waals surface area contributed by atoms with E-state index in [-0.39, 0.29) is 12.5 Å². The van der Waals surface area contributed by atoms with E-state index in [0.717, 1.165) is 32.8 Å². The highest BCUT2D eigenvalue weighted by atomic mass is 32.2.